The van der Waals surface area contributed by atoms with Crippen LogP contribution in [-0.4, -0.2) is 43.2 Å². The van der Waals surface area contributed by atoms with Crippen molar-refractivity contribution >= 4 is 12.1 Å². The van der Waals surface area contributed by atoms with Crippen LogP contribution >= 0.6 is 0 Å². The van der Waals surface area contributed by atoms with Gasteiger partial charge in [0.25, 0.3) is 0 Å². The number of ether oxygens (including phenoxy) is 2. The lowest BCUT2D eigenvalue weighted by molar-refractivity contribution is -0.155. The number of aromatic amines is 2. The summed E-state index contributed by atoms with van der Waals surface area (Å²) in [5, 5.41) is 2.95. The minimum absolute atomic E-state index is 0.0650. The number of carbonyl (C=O) groups is 2. The van der Waals surface area contributed by atoms with E-state index in [0.29, 0.717) is 5.82 Å². The van der Waals surface area contributed by atoms with Gasteiger partial charge in [0.2, 0.25) is 0 Å². The van der Waals surface area contributed by atoms with Gasteiger partial charge in [-0.15, -0.1) is 0 Å². The van der Waals surface area contributed by atoms with E-state index in [9.17, 15) is 9.59 Å². The molecule has 1 amide bonds. The number of nitrogens with zero attached hydrogens (tertiary/aromatic N) is 2. The molecule has 0 spiro atoms. The molecule has 0 unspecified atom stereocenters. The fourth-order valence-corrected chi connectivity index (χ4v) is 5.19. The number of alkyl carbamates (subject to hydrolysis) is 1. The highest BCUT2D eigenvalue weighted by Gasteiger charge is 2.27. The van der Waals surface area contributed by atoms with Gasteiger partial charge in [0, 0.05) is 5.92 Å². The van der Waals surface area contributed by atoms with Gasteiger partial charge in [0.05, 0.1) is 36.2 Å². The van der Waals surface area contributed by atoms with E-state index < -0.39 is 17.3 Å². The summed E-state index contributed by atoms with van der Waals surface area (Å²) in [6, 6.07) is 16.3. The fraction of sp³-hybridized carbons (Fsp3) is 0.459. The number of benzene rings is 2. The van der Waals surface area contributed by atoms with Crippen LogP contribution in [0.3, 0.4) is 0 Å². The van der Waals surface area contributed by atoms with Crippen LogP contribution in [0.15, 0.2) is 60.9 Å². The Morgan fingerprint density at radius 3 is 1.54 bits per heavy atom. The highest BCUT2D eigenvalue weighted by Crippen LogP contribution is 2.31. The van der Waals surface area contributed by atoms with Gasteiger partial charge in [-0.1, -0.05) is 76.2 Å². The zero-order chi connectivity index (χ0) is 33.8. The predicted molar refractivity (Wildman–Crippen MR) is 182 cm³/mol. The molecule has 0 saturated heterocycles. The summed E-state index contributed by atoms with van der Waals surface area (Å²) in [7, 11) is 0. The van der Waals surface area contributed by atoms with Crippen LogP contribution in [0.1, 0.15) is 99.3 Å². The third-order valence-corrected chi connectivity index (χ3v) is 7.51. The maximum Gasteiger partial charge on any atom is 0.408 e. The van der Waals surface area contributed by atoms with Crippen molar-refractivity contribution in [3.63, 3.8) is 0 Å². The first-order valence-corrected chi connectivity index (χ1v) is 16.0. The molecule has 4 rings (SSSR count). The Hall–Kier alpha value is -4.40. The average Bonchev–Trinajstić information content (AvgIpc) is 3.63. The van der Waals surface area contributed by atoms with Crippen molar-refractivity contribution in [3.8, 4) is 33.6 Å². The molecule has 2 heterocycles. The molecule has 9 heteroatoms. The van der Waals surface area contributed by atoms with Gasteiger partial charge in [-0.3, -0.25) is 4.79 Å². The number of imidazole rings is 2. The maximum absolute atomic E-state index is 12.5. The first-order valence-electron chi connectivity index (χ1n) is 16.0. The highest BCUT2D eigenvalue weighted by atomic mass is 16.6. The number of rotatable bonds is 10. The number of amides is 1. The molecule has 0 saturated carbocycles. The van der Waals surface area contributed by atoms with Crippen molar-refractivity contribution < 1.29 is 19.1 Å². The first kappa shape index (κ1) is 34.5. The Bertz CT molecular complexity index is 1480. The van der Waals surface area contributed by atoms with Gasteiger partial charge in [0.1, 0.15) is 22.9 Å². The first-order chi connectivity index (χ1) is 21.5. The van der Waals surface area contributed by atoms with E-state index in [0.717, 1.165) is 39.5 Å². The van der Waals surface area contributed by atoms with Crippen molar-refractivity contribution in [2.24, 2.45) is 11.8 Å². The topological polar surface area (TPSA) is 122 Å². The van der Waals surface area contributed by atoms with E-state index in [4.69, 9.17) is 9.47 Å². The molecule has 0 aliphatic rings. The van der Waals surface area contributed by atoms with Crippen LogP contribution in [0, 0.1) is 11.8 Å². The number of esters is 1. The molecule has 3 N–H and O–H groups in total. The van der Waals surface area contributed by atoms with Crippen molar-refractivity contribution in [2.45, 2.75) is 98.8 Å². The third-order valence-electron chi connectivity index (χ3n) is 7.51. The smallest absolute Gasteiger partial charge is 0.408 e. The predicted octanol–water partition coefficient (Wildman–Crippen LogP) is 8.83. The molecule has 0 bridgehead atoms. The second kappa shape index (κ2) is 13.9. The van der Waals surface area contributed by atoms with E-state index in [2.05, 4.69) is 87.6 Å². The minimum atomic E-state index is -0.577. The largest absolute Gasteiger partial charge is 0.460 e. The molecule has 2 aromatic heterocycles. The number of nitrogens with one attached hydrogen (secondary N) is 3. The van der Waals surface area contributed by atoms with Gasteiger partial charge in [-0.25, -0.2) is 14.8 Å². The minimum Gasteiger partial charge on any atom is -0.460 e. The Labute approximate surface area is 272 Å². The lowest BCUT2D eigenvalue weighted by Gasteiger charge is -2.24. The summed E-state index contributed by atoms with van der Waals surface area (Å²) >= 11 is 0. The number of hydrogen-bond donors (Lipinski definition) is 3. The van der Waals surface area contributed by atoms with Crippen LogP contribution < -0.4 is 5.32 Å². The molecule has 9 nitrogen and oxygen atoms in total. The Balaban J connectivity index is 1.44. The molecule has 0 aliphatic heterocycles. The zero-order valence-electron chi connectivity index (χ0n) is 28.8. The van der Waals surface area contributed by atoms with Gasteiger partial charge in [-0.2, -0.15) is 0 Å². The maximum atomic E-state index is 12.5. The van der Waals surface area contributed by atoms with Crippen molar-refractivity contribution in [3.05, 3.63) is 72.6 Å². The van der Waals surface area contributed by atoms with Gasteiger partial charge in [0.15, 0.2) is 0 Å². The van der Waals surface area contributed by atoms with Gasteiger partial charge < -0.3 is 24.8 Å². The summed E-state index contributed by atoms with van der Waals surface area (Å²) < 4.78 is 11.0. The van der Waals surface area contributed by atoms with Crippen molar-refractivity contribution in [2.75, 3.05) is 0 Å². The van der Waals surface area contributed by atoms with E-state index in [1.165, 1.54) is 0 Å². The van der Waals surface area contributed by atoms with E-state index >= 15 is 0 Å². The summed E-state index contributed by atoms with van der Waals surface area (Å²) in [5.41, 5.74) is 4.87. The van der Waals surface area contributed by atoms with E-state index in [1.807, 2.05) is 61.6 Å². The average molecular weight is 628 g/mol. The number of aromatic nitrogens is 4. The lowest BCUT2D eigenvalue weighted by Crippen LogP contribution is -2.37. The molecule has 46 heavy (non-hydrogen) atoms. The SMILES string of the molecule is CC(C)[C@H](CC(=O)OC(C)(C)C)c1ncc(-c2ccc(-c3ccc(-c4cnc([C@@H](NC(=O)OC(C)(C)C)C(C)C)[nH]4)cc3)cc2)[nH]1. The highest BCUT2D eigenvalue weighted by molar-refractivity contribution is 5.73. The molecular weight excluding hydrogens is 578 g/mol. The quantitative estimate of drug-likeness (QED) is 0.151. The molecule has 4 aromatic rings. The van der Waals surface area contributed by atoms with Crippen LogP contribution in [-0.2, 0) is 14.3 Å². The second-order valence-corrected chi connectivity index (χ2v) is 14.5. The molecule has 246 valence electrons. The summed E-state index contributed by atoms with van der Waals surface area (Å²) in [6.45, 7) is 19.4. The zero-order valence-corrected chi connectivity index (χ0v) is 28.8. The standard InChI is InChI=1S/C37H49N5O4/c1-22(2)28(19-31(43)45-36(5,6)7)33-38-20-29(40-33)26-15-11-24(12-16-26)25-13-17-27(18-14-25)30-21-39-34(41-30)32(23(3)4)42-35(44)46-37(8,9)10/h11-18,20-23,28,32H,19H2,1-10H3,(H,38,40)(H,39,41)(H,42,44)/t28-,32-/m0/s1. The van der Waals surface area contributed by atoms with Crippen LogP contribution in [0.2, 0.25) is 0 Å². The monoisotopic (exact) mass is 627 g/mol. The number of carbonyl (C=O) groups excluding carboxylic acids is 2. The van der Waals surface area contributed by atoms with Gasteiger partial charge >= 0.3 is 12.1 Å². The summed E-state index contributed by atoms with van der Waals surface area (Å²) in [5.74, 6) is 1.52. The molecule has 0 radical (unpaired) electrons. The van der Waals surface area contributed by atoms with Crippen molar-refractivity contribution in [1.82, 2.24) is 25.3 Å². The third kappa shape index (κ3) is 9.31. The fourth-order valence-electron chi connectivity index (χ4n) is 5.19. The van der Waals surface area contributed by atoms with E-state index in [-0.39, 0.29) is 36.2 Å². The Morgan fingerprint density at radius 1 is 0.674 bits per heavy atom. The molecule has 0 aliphatic carbocycles. The van der Waals surface area contributed by atoms with Gasteiger partial charge in [-0.05, 0) is 75.6 Å². The van der Waals surface area contributed by atoms with Crippen molar-refractivity contribution in [1.29, 1.82) is 0 Å². The van der Waals surface area contributed by atoms with E-state index in [1.54, 1.807) is 6.20 Å². The Morgan fingerprint density at radius 2 is 1.11 bits per heavy atom. The van der Waals surface area contributed by atoms with Crippen LogP contribution in [0.4, 0.5) is 4.79 Å². The van der Waals surface area contributed by atoms with Crippen LogP contribution in [0.25, 0.3) is 33.6 Å². The summed E-state index contributed by atoms with van der Waals surface area (Å²) in [4.78, 5) is 41.0. The molecular formula is C37H49N5O4. The number of H-pyrrole nitrogens is 2. The lowest BCUT2D eigenvalue weighted by atomic mass is 9.92. The molecule has 2 aromatic carbocycles. The normalized spacial score (nSPS) is 13.5. The Kier molecular flexibility index (Phi) is 10.4. The summed E-state index contributed by atoms with van der Waals surface area (Å²) in [6.07, 6.45) is 3.43. The number of hydrogen-bond acceptors (Lipinski definition) is 6. The van der Waals surface area contributed by atoms with Crippen LogP contribution in [0.5, 0.6) is 0 Å². The second-order valence-electron chi connectivity index (χ2n) is 14.5. The molecule has 2 atom stereocenters. The molecule has 0 fully saturated rings.